The number of amides is 1. The van der Waals surface area contributed by atoms with Crippen molar-refractivity contribution in [3.63, 3.8) is 0 Å². The van der Waals surface area contributed by atoms with E-state index in [9.17, 15) is 19.2 Å². The second kappa shape index (κ2) is 8.85. The Kier molecular flexibility index (Phi) is 6.46. The van der Waals surface area contributed by atoms with Gasteiger partial charge in [-0.3, -0.25) is 14.5 Å². The first kappa shape index (κ1) is 24.8. The van der Waals surface area contributed by atoms with Crippen molar-refractivity contribution in [2.75, 3.05) is 25.2 Å². The molecule has 0 fully saturated rings. The molecule has 0 saturated heterocycles. The molecule has 2 heterocycles. The Labute approximate surface area is 197 Å². The molecule has 2 aliphatic heterocycles. The average molecular weight is 472 g/mol. The summed E-state index contributed by atoms with van der Waals surface area (Å²) in [6, 6.07) is 6.49. The van der Waals surface area contributed by atoms with Crippen LogP contribution in [-0.2, 0) is 43.5 Å². The van der Waals surface area contributed by atoms with Crippen molar-refractivity contribution in [1.29, 1.82) is 0 Å². The van der Waals surface area contributed by atoms with E-state index in [4.69, 9.17) is 24.7 Å². The molecule has 34 heavy (non-hydrogen) atoms. The van der Waals surface area contributed by atoms with Crippen molar-refractivity contribution in [1.82, 2.24) is 0 Å². The summed E-state index contributed by atoms with van der Waals surface area (Å²) < 4.78 is 21.1. The van der Waals surface area contributed by atoms with Gasteiger partial charge < -0.3 is 24.7 Å². The van der Waals surface area contributed by atoms with Crippen LogP contribution in [0.5, 0.6) is 0 Å². The molecule has 0 saturated carbocycles. The molecule has 0 bridgehead atoms. The summed E-state index contributed by atoms with van der Waals surface area (Å²) in [4.78, 5) is 54.2. The van der Waals surface area contributed by atoms with E-state index < -0.39 is 41.4 Å². The van der Waals surface area contributed by atoms with E-state index in [1.807, 2.05) is 0 Å². The number of nitrogens with zero attached hydrogens (tertiary/aromatic N) is 1. The predicted octanol–water partition coefficient (Wildman–Crippen LogP) is 1.82. The SMILES string of the molecule is CCOC(=O)C1=C(N)OC(C)=C(C(=O)OC(C)(C)C)[C@]12C(=O)N(CC(=O)OC)c1ccccc12. The lowest BCUT2D eigenvalue weighted by Crippen LogP contribution is -2.52. The first-order valence-corrected chi connectivity index (χ1v) is 10.7. The third-order valence-electron chi connectivity index (χ3n) is 5.37. The molecule has 1 aromatic rings. The number of hydrogen-bond acceptors (Lipinski definition) is 9. The van der Waals surface area contributed by atoms with Crippen LogP contribution in [0, 0.1) is 0 Å². The Morgan fingerprint density at radius 2 is 1.76 bits per heavy atom. The van der Waals surface area contributed by atoms with Crippen molar-refractivity contribution in [2.24, 2.45) is 5.73 Å². The van der Waals surface area contributed by atoms with Crippen LogP contribution >= 0.6 is 0 Å². The number of hydrogen-bond donors (Lipinski definition) is 1. The predicted molar refractivity (Wildman–Crippen MR) is 120 cm³/mol. The van der Waals surface area contributed by atoms with E-state index in [2.05, 4.69) is 0 Å². The van der Waals surface area contributed by atoms with Gasteiger partial charge in [0, 0.05) is 11.3 Å². The molecule has 0 aliphatic carbocycles. The fourth-order valence-electron chi connectivity index (χ4n) is 4.21. The number of benzene rings is 1. The highest BCUT2D eigenvalue weighted by Crippen LogP contribution is 2.54. The Balaban J connectivity index is 2.39. The molecule has 1 atom stereocenters. The Morgan fingerprint density at radius 3 is 2.35 bits per heavy atom. The zero-order valence-electron chi connectivity index (χ0n) is 20.0. The van der Waals surface area contributed by atoms with Crippen molar-refractivity contribution in [2.45, 2.75) is 45.6 Å². The van der Waals surface area contributed by atoms with E-state index in [0.29, 0.717) is 5.69 Å². The number of carbonyl (C=O) groups excluding carboxylic acids is 4. The molecular formula is C24H28N2O8. The number of para-hydroxylation sites is 1. The van der Waals surface area contributed by atoms with Gasteiger partial charge in [-0.1, -0.05) is 18.2 Å². The van der Waals surface area contributed by atoms with Crippen LogP contribution in [0.1, 0.15) is 40.2 Å². The minimum absolute atomic E-state index is 0.0112. The van der Waals surface area contributed by atoms with Gasteiger partial charge in [-0.25, -0.2) is 9.59 Å². The number of ether oxygens (including phenoxy) is 4. The van der Waals surface area contributed by atoms with Crippen LogP contribution in [-0.4, -0.2) is 49.7 Å². The van der Waals surface area contributed by atoms with Gasteiger partial charge in [-0.15, -0.1) is 0 Å². The molecular weight excluding hydrogens is 444 g/mol. The molecule has 1 spiro atoms. The quantitative estimate of drug-likeness (QED) is 0.503. The number of esters is 3. The number of fused-ring (bicyclic) bond motifs is 2. The number of methoxy groups -OCH3 is 1. The number of rotatable bonds is 5. The van der Waals surface area contributed by atoms with Gasteiger partial charge in [0.25, 0.3) is 0 Å². The molecule has 0 unspecified atom stereocenters. The number of nitrogens with two attached hydrogens (primary N) is 1. The molecule has 1 amide bonds. The highest BCUT2D eigenvalue weighted by molar-refractivity contribution is 6.23. The maximum atomic E-state index is 14.2. The Hall–Kier alpha value is -3.82. The lowest BCUT2D eigenvalue weighted by Gasteiger charge is -2.37. The molecule has 0 aromatic heterocycles. The van der Waals surface area contributed by atoms with Crippen LogP contribution in [0.4, 0.5) is 5.69 Å². The van der Waals surface area contributed by atoms with Crippen LogP contribution in [0.3, 0.4) is 0 Å². The average Bonchev–Trinajstić information content (AvgIpc) is 2.96. The third kappa shape index (κ3) is 3.89. The van der Waals surface area contributed by atoms with E-state index in [1.54, 1.807) is 52.0 Å². The molecule has 10 nitrogen and oxygen atoms in total. The van der Waals surface area contributed by atoms with Crippen LogP contribution in [0.2, 0.25) is 0 Å². The normalized spacial score (nSPS) is 19.7. The largest absolute Gasteiger partial charge is 0.468 e. The minimum atomic E-state index is -2.05. The van der Waals surface area contributed by atoms with Gasteiger partial charge >= 0.3 is 17.9 Å². The zero-order chi connectivity index (χ0) is 25.4. The summed E-state index contributed by atoms with van der Waals surface area (Å²) >= 11 is 0. The molecule has 182 valence electrons. The maximum absolute atomic E-state index is 14.2. The summed E-state index contributed by atoms with van der Waals surface area (Å²) in [5.74, 6) is -3.65. The highest BCUT2D eigenvalue weighted by atomic mass is 16.6. The lowest BCUT2D eigenvalue weighted by molar-refractivity contribution is -0.152. The second-order valence-corrected chi connectivity index (χ2v) is 8.73. The van der Waals surface area contributed by atoms with Gasteiger partial charge in [0.2, 0.25) is 11.8 Å². The fourth-order valence-corrected chi connectivity index (χ4v) is 4.21. The monoisotopic (exact) mass is 472 g/mol. The van der Waals surface area contributed by atoms with E-state index >= 15 is 0 Å². The first-order valence-electron chi connectivity index (χ1n) is 10.7. The van der Waals surface area contributed by atoms with Gasteiger partial charge in [-0.2, -0.15) is 0 Å². The summed E-state index contributed by atoms with van der Waals surface area (Å²) in [5, 5.41) is 0. The van der Waals surface area contributed by atoms with Crippen LogP contribution < -0.4 is 10.6 Å². The molecule has 3 rings (SSSR count). The maximum Gasteiger partial charge on any atom is 0.341 e. The highest BCUT2D eigenvalue weighted by Gasteiger charge is 2.64. The minimum Gasteiger partial charge on any atom is -0.468 e. The molecule has 1 aromatic carbocycles. The topological polar surface area (TPSA) is 134 Å². The lowest BCUT2D eigenvalue weighted by atomic mass is 9.67. The van der Waals surface area contributed by atoms with E-state index in [-0.39, 0.29) is 35.0 Å². The summed E-state index contributed by atoms with van der Waals surface area (Å²) in [6.45, 7) is 7.58. The molecule has 10 heteroatoms. The number of anilines is 1. The Bertz CT molecular complexity index is 1130. The van der Waals surface area contributed by atoms with Crippen molar-refractivity contribution < 1.29 is 38.1 Å². The second-order valence-electron chi connectivity index (χ2n) is 8.73. The number of carbonyl (C=O) groups is 4. The summed E-state index contributed by atoms with van der Waals surface area (Å²) in [5.41, 5.74) is 3.17. The smallest absolute Gasteiger partial charge is 0.341 e. The van der Waals surface area contributed by atoms with Crippen molar-refractivity contribution in [3.8, 4) is 0 Å². The Morgan fingerprint density at radius 1 is 1.12 bits per heavy atom. The van der Waals surface area contributed by atoms with Crippen molar-refractivity contribution in [3.05, 3.63) is 52.6 Å². The first-order chi connectivity index (χ1) is 15.9. The van der Waals surface area contributed by atoms with Gasteiger partial charge in [0.05, 0.1) is 13.7 Å². The molecule has 2 aliphatic rings. The molecule has 0 radical (unpaired) electrons. The van der Waals surface area contributed by atoms with E-state index in [0.717, 1.165) is 4.90 Å². The van der Waals surface area contributed by atoms with E-state index in [1.165, 1.54) is 14.0 Å². The standard InChI is InChI=1S/C24H28N2O8/c1-7-32-20(28)18-19(25)33-13(2)17(21(29)34-23(3,4)5)24(18)14-10-8-9-11-15(14)26(22(24)30)12-16(27)31-6/h8-11H,7,12,25H2,1-6H3/t24-/m0/s1. The van der Waals surface area contributed by atoms with Gasteiger partial charge in [0.1, 0.15) is 34.5 Å². The fraction of sp³-hybridized carbons (Fsp3) is 0.417. The van der Waals surface area contributed by atoms with Gasteiger partial charge in [-0.05, 0) is 40.7 Å². The number of allylic oxidation sites excluding steroid dienone is 1. The molecule has 2 N–H and O–H groups in total. The van der Waals surface area contributed by atoms with Crippen LogP contribution in [0.25, 0.3) is 0 Å². The third-order valence-corrected chi connectivity index (χ3v) is 5.37. The van der Waals surface area contributed by atoms with Crippen LogP contribution in [0.15, 0.2) is 47.1 Å². The summed E-state index contributed by atoms with van der Waals surface area (Å²) in [6.07, 6.45) is 0. The van der Waals surface area contributed by atoms with Crippen molar-refractivity contribution >= 4 is 29.5 Å². The van der Waals surface area contributed by atoms with Gasteiger partial charge in [0.15, 0.2) is 0 Å². The summed E-state index contributed by atoms with van der Waals surface area (Å²) in [7, 11) is 1.19. The zero-order valence-corrected chi connectivity index (χ0v) is 20.0.